The summed E-state index contributed by atoms with van der Waals surface area (Å²) in [6.07, 6.45) is 3.48. The van der Waals surface area contributed by atoms with Gasteiger partial charge in [-0.1, -0.05) is 0 Å². The van der Waals surface area contributed by atoms with Crippen molar-refractivity contribution in [1.82, 2.24) is 10.4 Å². The second kappa shape index (κ2) is 2.49. The highest BCUT2D eigenvalue weighted by atomic mass is 16.5. The number of nitrogens with zero attached hydrogens (tertiary/aromatic N) is 1. The Morgan fingerprint density at radius 1 is 1.20 bits per heavy atom. The average molecular weight is 142 g/mol. The Labute approximate surface area is 61.0 Å². The van der Waals surface area contributed by atoms with Gasteiger partial charge in [-0.3, -0.25) is 0 Å². The summed E-state index contributed by atoms with van der Waals surface area (Å²) in [6, 6.07) is 0.886. The fourth-order valence-corrected chi connectivity index (χ4v) is 1.50. The highest BCUT2D eigenvalue weighted by Crippen LogP contribution is 2.28. The van der Waals surface area contributed by atoms with E-state index in [1.807, 2.05) is 0 Å². The molecule has 1 unspecified atom stereocenters. The van der Waals surface area contributed by atoms with Crippen molar-refractivity contribution < 1.29 is 5.21 Å². The van der Waals surface area contributed by atoms with Crippen LogP contribution in [0, 0.1) is 0 Å². The lowest BCUT2D eigenvalue weighted by Crippen LogP contribution is -2.35. The topological polar surface area (TPSA) is 35.5 Å². The van der Waals surface area contributed by atoms with Crippen LogP contribution in [-0.2, 0) is 0 Å². The van der Waals surface area contributed by atoms with Crippen LogP contribution in [0.4, 0.5) is 0 Å². The van der Waals surface area contributed by atoms with Gasteiger partial charge in [0.15, 0.2) is 0 Å². The molecule has 3 heteroatoms. The van der Waals surface area contributed by atoms with E-state index in [4.69, 9.17) is 0 Å². The fourth-order valence-electron chi connectivity index (χ4n) is 1.50. The molecule has 0 bridgehead atoms. The van der Waals surface area contributed by atoms with Crippen molar-refractivity contribution in [3.8, 4) is 0 Å². The number of hydrogen-bond donors (Lipinski definition) is 2. The molecule has 3 nitrogen and oxygen atoms in total. The fraction of sp³-hybridized carbons (Fsp3) is 1.00. The van der Waals surface area contributed by atoms with Gasteiger partial charge in [0.05, 0.1) is 0 Å². The van der Waals surface area contributed by atoms with Gasteiger partial charge in [0, 0.05) is 18.6 Å². The highest BCUT2D eigenvalue weighted by Gasteiger charge is 2.34. The van der Waals surface area contributed by atoms with Gasteiger partial charge in [0.25, 0.3) is 0 Å². The van der Waals surface area contributed by atoms with Crippen LogP contribution < -0.4 is 5.32 Å². The molecule has 1 aliphatic heterocycles. The summed E-state index contributed by atoms with van der Waals surface area (Å²) >= 11 is 0. The first kappa shape index (κ1) is 6.58. The van der Waals surface area contributed by atoms with Gasteiger partial charge in [0.1, 0.15) is 0 Å². The van der Waals surface area contributed by atoms with Crippen LogP contribution in [0.15, 0.2) is 0 Å². The lowest BCUT2D eigenvalue weighted by atomic mass is 10.2. The van der Waals surface area contributed by atoms with E-state index in [-0.39, 0.29) is 0 Å². The zero-order chi connectivity index (χ0) is 6.97. The molecule has 0 aromatic heterocycles. The molecule has 0 radical (unpaired) electrons. The normalized spacial score (nSPS) is 33.6. The summed E-state index contributed by atoms with van der Waals surface area (Å²) in [5.41, 5.74) is 0. The van der Waals surface area contributed by atoms with Crippen LogP contribution in [-0.4, -0.2) is 35.4 Å². The zero-order valence-electron chi connectivity index (χ0n) is 6.08. The summed E-state index contributed by atoms with van der Waals surface area (Å²) in [5, 5.41) is 14.3. The van der Waals surface area contributed by atoms with Crippen molar-refractivity contribution in [2.24, 2.45) is 0 Å². The average Bonchev–Trinajstić information content (AvgIpc) is 2.65. The molecule has 1 heterocycles. The van der Waals surface area contributed by atoms with E-state index in [0.29, 0.717) is 12.1 Å². The summed E-state index contributed by atoms with van der Waals surface area (Å²) in [4.78, 5) is 0. The molecule has 0 amide bonds. The summed E-state index contributed by atoms with van der Waals surface area (Å²) < 4.78 is 0. The van der Waals surface area contributed by atoms with Gasteiger partial charge in [-0.15, -0.1) is 0 Å². The molecule has 1 saturated carbocycles. The molecule has 58 valence electrons. The lowest BCUT2D eigenvalue weighted by Gasteiger charge is -2.20. The first-order valence-corrected chi connectivity index (χ1v) is 4.06. The maximum atomic E-state index is 9.48. The molecule has 2 rings (SSSR count). The van der Waals surface area contributed by atoms with Gasteiger partial charge < -0.3 is 10.5 Å². The van der Waals surface area contributed by atoms with Crippen LogP contribution in [0.25, 0.3) is 0 Å². The molecule has 1 aliphatic carbocycles. The molecular formula is C7H14N2O. The Morgan fingerprint density at radius 2 is 2.00 bits per heavy atom. The molecule has 2 fully saturated rings. The lowest BCUT2D eigenvalue weighted by molar-refractivity contribution is -0.129. The van der Waals surface area contributed by atoms with E-state index >= 15 is 0 Å². The molecule has 2 aliphatic rings. The quantitative estimate of drug-likeness (QED) is 0.541. The number of hydroxylamine groups is 2. The Hall–Kier alpha value is -0.120. The molecule has 0 aromatic rings. The van der Waals surface area contributed by atoms with Crippen molar-refractivity contribution in [2.75, 3.05) is 13.1 Å². The van der Waals surface area contributed by atoms with E-state index in [9.17, 15) is 5.21 Å². The third-order valence-electron chi connectivity index (χ3n) is 2.33. The van der Waals surface area contributed by atoms with Gasteiger partial charge >= 0.3 is 0 Å². The van der Waals surface area contributed by atoms with Gasteiger partial charge in [0.2, 0.25) is 0 Å². The predicted molar refractivity (Wildman–Crippen MR) is 37.9 cm³/mol. The Kier molecular flexibility index (Phi) is 1.64. The Balaban J connectivity index is 1.84. The second-order valence-electron chi connectivity index (χ2n) is 3.26. The molecule has 2 N–H and O–H groups in total. The third kappa shape index (κ3) is 1.17. The molecular weight excluding hydrogens is 128 g/mol. The van der Waals surface area contributed by atoms with Crippen LogP contribution in [0.1, 0.15) is 19.3 Å². The van der Waals surface area contributed by atoms with Gasteiger partial charge in [-0.05, 0) is 25.8 Å². The van der Waals surface area contributed by atoms with E-state index in [2.05, 4.69) is 5.32 Å². The van der Waals surface area contributed by atoms with Crippen LogP contribution in [0.5, 0.6) is 0 Å². The van der Waals surface area contributed by atoms with Crippen LogP contribution >= 0.6 is 0 Å². The molecule has 1 saturated heterocycles. The number of rotatable bonds is 2. The molecule has 0 spiro atoms. The largest absolute Gasteiger partial charge is 0.315 e. The third-order valence-corrected chi connectivity index (χ3v) is 2.33. The minimum Gasteiger partial charge on any atom is -0.315 e. The monoisotopic (exact) mass is 142 g/mol. The Morgan fingerprint density at radius 3 is 2.50 bits per heavy atom. The minimum absolute atomic E-state index is 0.396. The van der Waals surface area contributed by atoms with E-state index in [0.717, 1.165) is 19.5 Å². The van der Waals surface area contributed by atoms with Gasteiger partial charge in [-0.25, -0.2) is 0 Å². The zero-order valence-corrected chi connectivity index (χ0v) is 6.08. The predicted octanol–water partition coefficient (Wildman–Crippen LogP) is 0.202. The van der Waals surface area contributed by atoms with Crippen molar-refractivity contribution in [2.45, 2.75) is 31.3 Å². The Bertz CT molecular complexity index is 119. The number of nitrogens with one attached hydrogen (secondary N) is 1. The highest BCUT2D eigenvalue weighted by molar-refractivity contribution is 4.87. The van der Waals surface area contributed by atoms with E-state index < -0.39 is 0 Å². The summed E-state index contributed by atoms with van der Waals surface area (Å²) in [7, 11) is 0. The number of hydrogen-bond acceptors (Lipinski definition) is 3. The van der Waals surface area contributed by atoms with Crippen molar-refractivity contribution in [3.05, 3.63) is 0 Å². The maximum Gasteiger partial charge on any atom is 0.0490 e. The first-order valence-electron chi connectivity index (χ1n) is 4.06. The smallest absolute Gasteiger partial charge is 0.0490 e. The van der Waals surface area contributed by atoms with Crippen LogP contribution in [0.2, 0.25) is 0 Å². The standard InChI is InChI=1S/C7H14N2O/c10-9(6-1-2-6)7-3-4-8-5-7/h6-8,10H,1-5H2. The van der Waals surface area contributed by atoms with Crippen LogP contribution in [0.3, 0.4) is 0 Å². The van der Waals surface area contributed by atoms with Gasteiger partial charge in [-0.2, -0.15) is 5.06 Å². The second-order valence-corrected chi connectivity index (χ2v) is 3.26. The van der Waals surface area contributed by atoms with Crippen molar-refractivity contribution in [3.63, 3.8) is 0 Å². The van der Waals surface area contributed by atoms with E-state index in [1.54, 1.807) is 5.06 Å². The molecule has 10 heavy (non-hydrogen) atoms. The molecule has 1 atom stereocenters. The first-order chi connectivity index (χ1) is 4.88. The maximum absolute atomic E-state index is 9.48. The van der Waals surface area contributed by atoms with Crippen molar-refractivity contribution >= 4 is 0 Å². The SMILES string of the molecule is ON(C1CC1)C1CCNC1. The summed E-state index contributed by atoms with van der Waals surface area (Å²) in [6.45, 7) is 2.03. The van der Waals surface area contributed by atoms with E-state index in [1.165, 1.54) is 12.8 Å². The van der Waals surface area contributed by atoms with Crippen molar-refractivity contribution in [1.29, 1.82) is 0 Å². The minimum atomic E-state index is 0.396. The molecule has 0 aromatic carbocycles. The summed E-state index contributed by atoms with van der Waals surface area (Å²) in [5.74, 6) is 0.